The van der Waals surface area contributed by atoms with Crippen molar-refractivity contribution >= 4 is 0 Å². The summed E-state index contributed by atoms with van der Waals surface area (Å²) in [6, 6.07) is 2.28. The number of hydrogen-bond acceptors (Lipinski definition) is 2. The van der Waals surface area contributed by atoms with Gasteiger partial charge in [-0.3, -0.25) is 0 Å². The molecule has 0 fully saturated rings. The van der Waals surface area contributed by atoms with Crippen LogP contribution in [-0.4, -0.2) is 6.54 Å². The first-order chi connectivity index (χ1) is 6.79. The van der Waals surface area contributed by atoms with Gasteiger partial charge in [0.25, 0.3) is 0 Å². The number of nitrogens with one attached hydrogen (secondary N) is 1. The molecular formula is C12H19NO. The zero-order valence-corrected chi connectivity index (χ0v) is 9.05. The van der Waals surface area contributed by atoms with Crippen molar-refractivity contribution in [3.63, 3.8) is 0 Å². The van der Waals surface area contributed by atoms with E-state index in [-0.39, 0.29) is 6.04 Å². The average Bonchev–Trinajstić information content (AvgIpc) is 2.59. The molecule has 1 aromatic heterocycles. The van der Waals surface area contributed by atoms with Gasteiger partial charge in [-0.1, -0.05) is 13.0 Å². The summed E-state index contributed by atoms with van der Waals surface area (Å²) in [6.45, 7) is 9.01. The molecule has 1 N–H and O–H groups in total. The molecule has 0 aliphatic carbocycles. The lowest BCUT2D eigenvalue weighted by molar-refractivity contribution is 0.412. The van der Waals surface area contributed by atoms with Crippen LogP contribution in [0.1, 0.15) is 37.1 Å². The molecule has 0 aliphatic heterocycles. The van der Waals surface area contributed by atoms with Gasteiger partial charge in [0.15, 0.2) is 0 Å². The predicted molar refractivity (Wildman–Crippen MR) is 59.3 cm³/mol. The van der Waals surface area contributed by atoms with Crippen molar-refractivity contribution in [1.29, 1.82) is 0 Å². The van der Waals surface area contributed by atoms with Gasteiger partial charge >= 0.3 is 0 Å². The van der Waals surface area contributed by atoms with E-state index in [1.54, 1.807) is 6.26 Å². The van der Waals surface area contributed by atoms with Crippen LogP contribution in [0.2, 0.25) is 0 Å². The van der Waals surface area contributed by atoms with Gasteiger partial charge in [-0.2, -0.15) is 0 Å². The number of furan rings is 1. The maximum absolute atomic E-state index is 5.47. The lowest BCUT2D eigenvalue weighted by Crippen LogP contribution is -2.21. The minimum Gasteiger partial charge on any atom is -0.467 e. The highest BCUT2D eigenvalue weighted by Crippen LogP contribution is 2.21. The second kappa shape index (κ2) is 5.66. The second-order valence-corrected chi connectivity index (χ2v) is 3.50. The molecule has 0 saturated heterocycles. The van der Waals surface area contributed by atoms with Gasteiger partial charge in [0.05, 0.1) is 12.3 Å². The fourth-order valence-electron chi connectivity index (χ4n) is 1.51. The topological polar surface area (TPSA) is 25.2 Å². The van der Waals surface area contributed by atoms with E-state index in [1.807, 2.05) is 12.1 Å². The fourth-order valence-corrected chi connectivity index (χ4v) is 1.51. The molecule has 14 heavy (non-hydrogen) atoms. The van der Waals surface area contributed by atoms with Crippen LogP contribution in [0.15, 0.2) is 29.4 Å². The Morgan fingerprint density at radius 2 is 2.43 bits per heavy atom. The van der Waals surface area contributed by atoms with Crippen LogP contribution >= 0.6 is 0 Å². The Kier molecular flexibility index (Phi) is 4.47. The Balaban J connectivity index is 2.66. The molecule has 0 amide bonds. The van der Waals surface area contributed by atoms with Crippen LogP contribution in [0.25, 0.3) is 0 Å². The lowest BCUT2D eigenvalue weighted by atomic mass is 10.1. The number of hydrogen-bond donors (Lipinski definition) is 1. The van der Waals surface area contributed by atoms with E-state index in [9.17, 15) is 0 Å². The highest BCUT2D eigenvalue weighted by molar-refractivity contribution is 5.18. The largest absolute Gasteiger partial charge is 0.467 e. The molecule has 0 bridgehead atoms. The van der Waals surface area contributed by atoms with Gasteiger partial charge in [0.2, 0.25) is 0 Å². The summed E-state index contributed by atoms with van der Waals surface area (Å²) in [5, 5.41) is 3.45. The van der Waals surface area contributed by atoms with E-state index in [0.29, 0.717) is 0 Å². The van der Waals surface area contributed by atoms with Crippen molar-refractivity contribution in [3.8, 4) is 0 Å². The quantitative estimate of drug-likeness (QED) is 0.702. The molecule has 0 saturated carbocycles. The van der Waals surface area contributed by atoms with Crippen molar-refractivity contribution in [2.24, 2.45) is 0 Å². The third-order valence-corrected chi connectivity index (χ3v) is 2.26. The minimum atomic E-state index is 0.280. The third-order valence-electron chi connectivity index (χ3n) is 2.26. The zero-order valence-electron chi connectivity index (χ0n) is 9.05. The molecule has 2 heteroatoms. The molecule has 1 unspecified atom stereocenters. The van der Waals surface area contributed by atoms with E-state index in [0.717, 1.165) is 25.1 Å². The van der Waals surface area contributed by atoms with Crippen molar-refractivity contribution < 1.29 is 4.42 Å². The van der Waals surface area contributed by atoms with Gasteiger partial charge in [0.1, 0.15) is 5.76 Å². The third kappa shape index (κ3) is 2.74. The van der Waals surface area contributed by atoms with Crippen molar-refractivity contribution in [3.05, 3.63) is 36.3 Å². The maximum atomic E-state index is 5.47. The van der Waals surface area contributed by atoms with Crippen LogP contribution in [0.3, 0.4) is 0 Å². The summed E-state index contributed by atoms with van der Waals surface area (Å²) in [4.78, 5) is 0. The van der Waals surface area contributed by atoms with Crippen molar-refractivity contribution in [2.45, 2.75) is 32.7 Å². The fraction of sp³-hybridized carbons (Fsp3) is 0.500. The van der Waals surface area contributed by atoms with E-state index in [2.05, 4.69) is 25.7 Å². The molecule has 1 heterocycles. The van der Waals surface area contributed by atoms with Crippen LogP contribution < -0.4 is 5.32 Å². The van der Waals surface area contributed by atoms with E-state index in [4.69, 9.17) is 4.42 Å². The molecule has 0 aromatic carbocycles. The normalized spacial score (nSPS) is 12.7. The van der Waals surface area contributed by atoms with Crippen molar-refractivity contribution in [1.82, 2.24) is 5.32 Å². The minimum absolute atomic E-state index is 0.280. The average molecular weight is 193 g/mol. The maximum Gasteiger partial charge on any atom is 0.123 e. The predicted octanol–water partition coefficient (Wildman–Crippen LogP) is 3.20. The summed E-state index contributed by atoms with van der Waals surface area (Å²) in [5.74, 6) is 1.04. The molecule has 1 rings (SSSR count). The Hall–Kier alpha value is -1.02. The molecule has 0 spiro atoms. The van der Waals surface area contributed by atoms with Crippen molar-refractivity contribution in [2.75, 3.05) is 6.54 Å². The molecule has 1 atom stereocenters. The number of rotatable bonds is 6. The summed E-state index contributed by atoms with van der Waals surface area (Å²) >= 11 is 0. The summed E-state index contributed by atoms with van der Waals surface area (Å²) in [7, 11) is 0. The van der Waals surface area contributed by atoms with E-state index in [1.165, 1.54) is 5.56 Å². The first-order valence-electron chi connectivity index (χ1n) is 5.17. The summed E-state index contributed by atoms with van der Waals surface area (Å²) in [5.41, 5.74) is 1.21. The van der Waals surface area contributed by atoms with E-state index >= 15 is 0 Å². The SMILES string of the molecule is C=CCC(NCCC)c1occc1C. The van der Waals surface area contributed by atoms with Crippen LogP contribution in [0, 0.1) is 6.92 Å². The van der Waals surface area contributed by atoms with Gasteiger partial charge in [0, 0.05) is 0 Å². The number of aryl methyl sites for hydroxylation is 1. The second-order valence-electron chi connectivity index (χ2n) is 3.50. The molecule has 2 nitrogen and oxygen atoms in total. The highest BCUT2D eigenvalue weighted by atomic mass is 16.3. The Morgan fingerprint density at radius 1 is 1.64 bits per heavy atom. The van der Waals surface area contributed by atoms with Crippen LogP contribution in [-0.2, 0) is 0 Å². The standard InChI is InChI=1S/C12H19NO/c1-4-6-11(13-8-5-2)12-10(3)7-9-14-12/h4,7,9,11,13H,1,5-6,8H2,2-3H3. The zero-order chi connectivity index (χ0) is 10.4. The van der Waals surface area contributed by atoms with Gasteiger partial charge in [-0.25, -0.2) is 0 Å². The smallest absolute Gasteiger partial charge is 0.123 e. The Bertz CT molecular complexity index is 278. The molecular weight excluding hydrogens is 174 g/mol. The van der Waals surface area contributed by atoms with Gasteiger partial charge in [-0.05, 0) is 37.9 Å². The van der Waals surface area contributed by atoms with Crippen LogP contribution in [0.5, 0.6) is 0 Å². The molecule has 0 radical (unpaired) electrons. The van der Waals surface area contributed by atoms with Gasteiger partial charge in [-0.15, -0.1) is 6.58 Å². The Morgan fingerprint density at radius 3 is 2.93 bits per heavy atom. The van der Waals surface area contributed by atoms with Gasteiger partial charge < -0.3 is 9.73 Å². The Labute approximate surface area is 86.0 Å². The first-order valence-corrected chi connectivity index (χ1v) is 5.17. The highest BCUT2D eigenvalue weighted by Gasteiger charge is 2.14. The first kappa shape index (κ1) is 11.1. The monoisotopic (exact) mass is 193 g/mol. The van der Waals surface area contributed by atoms with Crippen LogP contribution in [0.4, 0.5) is 0 Å². The summed E-state index contributed by atoms with van der Waals surface area (Å²) in [6.07, 6.45) is 5.71. The molecule has 78 valence electrons. The molecule has 0 aliphatic rings. The summed E-state index contributed by atoms with van der Waals surface area (Å²) < 4.78 is 5.47. The molecule has 1 aromatic rings. The lowest BCUT2D eigenvalue weighted by Gasteiger charge is -2.15. The van der Waals surface area contributed by atoms with E-state index < -0.39 is 0 Å².